The number of aliphatic carboxylic acids is 2. The molecule has 0 radical (unpaired) electrons. The van der Waals surface area contributed by atoms with Crippen molar-refractivity contribution in [2.45, 2.75) is 0 Å². The smallest absolute Gasteiger partial charge is 0.323 e. The van der Waals surface area contributed by atoms with Gasteiger partial charge in [-0.05, 0) is 12.1 Å². The van der Waals surface area contributed by atoms with Crippen molar-refractivity contribution in [1.82, 2.24) is 9.80 Å². The third-order valence-corrected chi connectivity index (χ3v) is 2.46. The largest absolute Gasteiger partial charge is 0.480 e. The second kappa shape index (κ2) is 7.08. The highest BCUT2D eigenvalue weighted by atomic mass is 16.4. The van der Waals surface area contributed by atoms with Gasteiger partial charge in [0.1, 0.15) is 13.1 Å². The molecule has 21 heavy (non-hydrogen) atoms. The molecule has 0 atom stereocenters. The van der Waals surface area contributed by atoms with E-state index in [-0.39, 0.29) is 5.76 Å². The Labute approximate surface area is 119 Å². The molecule has 2 amide bonds. The molecule has 1 rings (SSSR count). The average molecular weight is 298 g/mol. The first kappa shape index (κ1) is 16.2. The Kier molecular flexibility index (Phi) is 5.47. The first-order chi connectivity index (χ1) is 9.81. The highest BCUT2D eigenvalue weighted by Crippen LogP contribution is 2.04. The van der Waals surface area contributed by atoms with Gasteiger partial charge < -0.3 is 24.4 Å². The van der Waals surface area contributed by atoms with Gasteiger partial charge in [-0.25, -0.2) is 0 Å². The normalized spacial score (nSPS) is 9.95. The van der Waals surface area contributed by atoms with Gasteiger partial charge in [0.05, 0.1) is 12.8 Å². The van der Waals surface area contributed by atoms with E-state index in [9.17, 15) is 19.2 Å². The molecule has 1 aromatic heterocycles. The molecule has 1 aromatic rings. The molecule has 0 aliphatic heterocycles. The fourth-order valence-electron chi connectivity index (χ4n) is 1.52. The topological polar surface area (TPSA) is 128 Å². The molecule has 2 N–H and O–H groups in total. The van der Waals surface area contributed by atoms with Gasteiger partial charge in [0.15, 0.2) is 5.76 Å². The molecule has 114 valence electrons. The van der Waals surface area contributed by atoms with E-state index in [2.05, 4.69) is 0 Å². The number of likely N-dealkylation sites (N-methyl/N-ethyl adjacent to an activating group) is 1. The predicted octanol–water partition coefficient (Wildman–Crippen LogP) is -0.651. The SMILES string of the molecule is CN(CC(=O)N(CC(=O)O)CC(=O)O)C(=O)c1ccco1. The summed E-state index contributed by atoms with van der Waals surface area (Å²) >= 11 is 0. The Bertz CT molecular complexity index is 522. The molecule has 0 aliphatic rings. The number of amides is 2. The third kappa shape index (κ3) is 4.97. The van der Waals surface area contributed by atoms with E-state index in [1.165, 1.54) is 25.4 Å². The molecule has 0 saturated heterocycles. The van der Waals surface area contributed by atoms with Crippen LogP contribution in [0.5, 0.6) is 0 Å². The molecule has 0 fully saturated rings. The van der Waals surface area contributed by atoms with Crippen molar-refractivity contribution in [2.75, 3.05) is 26.7 Å². The summed E-state index contributed by atoms with van der Waals surface area (Å²) in [5, 5.41) is 17.3. The fourth-order valence-corrected chi connectivity index (χ4v) is 1.52. The van der Waals surface area contributed by atoms with Crippen LogP contribution in [-0.2, 0) is 14.4 Å². The first-order valence-electron chi connectivity index (χ1n) is 5.81. The monoisotopic (exact) mass is 298 g/mol. The molecule has 0 spiro atoms. The van der Waals surface area contributed by atoms with E-state index in [4.69, 9.17) is 14.6 Å². The molecule has 9 nitrogen and oxygen atoms in total. The standard InChI is InChI=1S/C12H14N2O7/c1-13(12(20)8-3-2-4-21-8)5-9(15)14(6-10(16)17)7-11(18)19/h2-4H,5-7H2,1H3,(H,16,17)(H,18,19). The van der Waals surface area contributed by atoms with Gasteiger partial charge in [-0.2, -0.15) is 0 Å². The summed E-state index contributed by atoms with van der Waals surface area (Å²) in [6.07, 6.45) is 1.30. The predicted molar refractivity (Wildman–Crippen MR) is 67.5 cm³/mol. The van der Waals surface area contributed by atoms with Crippen molar-refractivity contribution in [2.24, 2.45) is 0 Å². The zero-order chi connectivity index (χ0) is 16.0. The minimum absolute atomic E-state index is 0.0216. The van der Waals surface area contributed by atoms with Crippen molar-refractivity contribution in [3.63, 3.8) is 0 Å². The van der Waals surface area contributed by atoms with E-state index >= 15 is 0 Å². The summed E-state index contributed by atoms with van der Waals surface area (Å²) in [5.41, 5.74) is 0. The number of carbonyl (C=O) groups excluding carboxylic acids is 2. The molecule has 0 bridgehead atoms. The van der Waals surface area contributed by atoms with Crippen molar-refractivity contribution in [3.05, 3.63) is 24.2 Å². The zero-order valence-corrected chi connectivity index (χ0v) is 11.2. The lowest BCUT2D eigenvalue weighted by molar-refractivity contribution is -0.149. The second-order valence-corrected chi connectivity index (χ2v) is 4.18. The summed E-state index contributed by atoms with van der Waals surface area (Å²) in [4.78, 5) is 46.6. The molecule has 0 unspecified atom stereocenters. The number of hydrogen-bond donors (Lipinski definition) is 2. The lowest BCUT2D eigenvalue weighted by Crippen LogP contribution is -2.45. The van der Waals surface area contributed by atoms with Crippen LogP contribution in [0.4, 0.5) is 0 Å². The van der Waals surface area contributed by atoms with Crippen LogP contribution in [0.1, 0.15) is 10.6 Å². The van der Waals surface area contributed by atoms with Crippen LogP contribution < -0.4 is 0 Å². The summed E-state index contributed by atoms with van der Waals surface area (Å²) in [6.45, 7) is -1.97. The Morgan fingerprint density at radius 2 is 1.67 bits per heavy atom. The van der Waals surface area contributed by atoms with Gasteiger partial charge in [-0.3, -0.25) is 19.2 Å². The van der Waals surface area contributed by atoms with Crippen LogP contribution in [0, 0.1) is 0 Å². The lowest BCUT2D eigenvalue weighted by atomic mass is 10.3. The quantitative estimate of drug-likeness (QED) is 0.684. The number of nitrogens with zero attached hydrogens (tertiary/aromatic N) is 2. The van der Waals surface area contributed by atoms with Crippen LogP contribution in [0.25, 0.3) is 0 Å². The van der Waals surface area contributed by atoms with Crippen molar-refractivity contribution in [3.8, 4) is 0 Å². The van der Waals surface area contributed by atoms with Crippen LogP contribution in [-0.4, -0.2) is 70.4 Å². The summed E-state index contributed by atoms with van der Waals surface area (Å²) in [7, 11) is 1.32. The number of carboxylic acids is 2. The number of hydrogen-bond acceptors (Lipinski definition) is 5. The Morgan fingerprint density at radius 1 is 1.10 bits per heavy atom. The Hall–Kier alpha value is -2.84. The van der Waals surface area contributed by atoms with Gasteiger partial charge in [-0.15, -0.1) is 0 Å². The average Bonchev–Trinajstić information content (AvgIpc) is 2.89. The molecular formula is C12H14N2O7. The minimum atomic E-state index is -1.34. The summed E-state index contributed by atoms with van der Waals surface area (Å²) in [6, 6.07) is 2.92. The maximum Gasteiger partial charge on any atom is 0.323 e. The van der Waals surface area contributed by atoms with Gasteiger partial charge in [0.2, 0.25) is 5.91 Å². The highest BCUT2D eigenvalue weighted by molar-refractivity contribution is 5.95. The molecule has 1 heterocycles. The van der Waals surface area contributed by atoms with E-state index in [1.807, 2.05) is 0 Å². The first-order valence-corrected chi connectivity index (χ1v) is 5.81. The van der Waals surface area contributed by atoms with Gasteiger partial charge in [0, 0.05) is 7.05 Å². The lowest BCUT2D eigenvalue weighted by Gasteiger charge is -2.22. The van der Waals surface area contributed by atoms with E-state index in [1.54, 1.807) is 0 Å². The summed E-state index contributed by atoms with van der Waals surface area (Å²) < 4.78 is 4.88. The maximum absolute atomic E-state index is 11.9. The number of rotatable bonds is 7. The van der Waals surface area contributed by atoms with Gasteiger partial charge in [0.25, 0.3) is 5.91 Å². The highest BCUT2D eigenvalue weighted by Gasteiger charge is 2.23. The Morgan fingerprint density at radius 3 is 2.10 bits per heavy atom. The van der Waals surface area contributed by atoms with E-state index < -0.39 is 43.4 Å². The fraction of sp³-hybridized carbons (Fsp3) is 0.333. The van der Waals surface area contributed by atoms with Crippen LogP contribution in [0.2, 0.25) is 0 Å². The number of carboxylic acid groups (broad SMARTS) is 2. The van der Waals surface area contributed by atoms with Crippen LogP contribution in [0.15, 0.2) is 22.8 Å². The second-order valence-electron chi connectivity index (χ2n) is 4.18. The van der Waals surface area contributed by atoms with Crippen molar-refractivity contribution >= 4 is 23.8 Å². The molecule has 9 heteroatoms. The van der Waals surface area contributed by atoms with Gasteiger partial charge in [-0.1, -0.05) is 0 Å². The number of furan rings is 1. The van der Waals surface area contributed by atoms with Crippen LogP contribution in [0.3, 0.4) is 0 Å². The number of carbonyl (C=O) groups is 4. The zero-order valence-electron chi connectivity index (χ0n) is 11.2. The Balaban J connectivity index is 2.69. The van der Waals surface area contributed by atoms with E-state index in [0.717, 1.165) is 4.90 Å². The third-order valence-electron chi connectivity index (χ3n) is 2.46. The molecule has 0 aliphatic carbocycles. The maximum atomic E-state index is 11.9. The summed E-state index contributed by atoms with van der Waals surface area (Å²) in [5.74, 6) is -4.02. The minimum Gasteiger partial charge on any atom is -0.480 e. The molecule has 0 saturated carbocycles. The van der Waals surface area contributed by atoms with Crippen LogP contribution >= 0.6 is 0 Å². The molecule has 0 aromatic carbocycles. The van der Waals surface area contributed by atoms with Crippen molar-refractivity contribution in [1.29, 1.82) is 0 Å². The van der Waals surface area contributed by atoms with Gasteiger partial charge >= 0.3 is 11.9 Å². The molecular weight excluding hydrogens is 284 g/mol. The van der Waals surface area contributed by atoms with E-state index in [0.29, 0.717) is 4.90 Å². The van der Waals surface area contributed by atoms with Crippen molar-refractivity contribution < 1.29 is 33.8 Å².